The molecular formula is C23H27N5O2S. The zero-order valence-corrected chi connectivity index (χ0v) is 18.9. The number of likely N-dealkylation sites (tertiary alicyclic amines) is 1. The lowest BCUT2D eigenvalue weighted by Crippen LogP contribution is -2.46. The molecule has 8 heteroatoms. The second-order valence-corrected chi connectivity index (χ2v) is 9.03. The highest BCUT2D eigenvalue weighted by Gasteiger charge is 2.25. The lowest BCUT2D eigenvalue weighted by atomic mass is 10.0. The topological polar surface area (TPSA) is 87.2 Å². The molecule has 0 radical (unpaired) electrons. The first-order chi connectivity index (χ1) is 14.9. The number of amides is 2. The number of hydrogen-bond donors (Lipinski definition) is 2. The summed E-state index contributed by atoms with van der Waals surface area (Å²) < 4.78 is 0. The number of para-hydroxylation sites is 1. The Morgan fingerprint density at radius 2 is 1.81 bits per heavy atom. The number of aryl methyl sites for hydroxylation is 3. The van der Waals surface area contributed by atoms with Crippen LogP contribution >= 0.6 is 11.3 Å². The molecular weight excluding hydrogens is 410 g/mol. The van der Waals surface area contributed by atoms with E-state index in [9.17, 15) is 9.59 Å². The highest BCUT2D eigenvalue weighted by molar-refractivity contribution is 7.20. The zero-order chi connectivity index (χ0) is 22.0. The number of nitrogens with zero attached hydrogens (tertiary/aromatic N) is 3. The van der Waals surface area contributed by atoms with Gasteiger partial charge in [0.1, 0.15) is 10.7 Å². The summed E-state index contributed by atoms with van der Waals surface area (Å²) in [5.74, 6) is 0.668. The molecule has 1 aromatic carbocycles. The Bertz CT molecular complexity index is 1100. The summed E-state index contributed by atoms with van der Waals surface area (Å²) in [7, 11) is 0. The second kappa shape index (κ2) is 9.11. The molecule has 162 valence electrons. The molecule has 2 N–H and O–H groups in total. The number of hydrogen-bond acceptors (Lipinski definition) is 6. The number of benzene rings is 1. The standard InChI is InChI=1S/C23H27N5O2S/c1-14-20-15(2)24-16(3)25-23(20)31-21(14)22(30)27-18-9-11-28(12-10-18)13-19(29)26-17-7-5-4-6-8-17/h4-8,18H,9-13H2,1-3H3,(H,26,29)(H,27,30). The molecule has 31 heavy (non-hydrogen) atoms. The monoisotopic (exact) mass is 437 g/mol. The SMILES string of the molecule is Cc1nc(C)c2c(C)c(C(=O)NC3CCN(CC(=O)Nc4ccccc4)CC3)sc2n1. The first-order valence-corrected chi connectivity index (χ1v) is 11.3. The third-order valence-corrected chi connectivity index (χ3v) is 6.82. The number of rotatable bonds is 5. The number of nitrogens with one attached hydrogen (secondary N) is 2. The van der Waals surface area contributed by atoms with Crippen molar-refractivity contribution in [1.29, 1.82) is 0 Å². The van der Waals surface area contributed by atoms with Crippen LogP contribution in [0.1, 0.15) is 39.6 Å². The van der Waals surface area contributed by atoms with Gasteiger partial charge in [-0.05, 0) is 51.3 Å². The van der Waals surface area contributed by atoms with Gasteiger partial charge in [-0.2, -0.15) is 0 Å². The van der Waals surface area contributed by atoms with Crippen molar-refractivity contribution in [1.82, 2.24) is 20.2 Å². The van der Waals surface area contributed by atoms with Gasteiger partial charge in [0, 0.05) is 35.9 Å². The van der Waals surface area contributed by atoms with Gasteiger partial charge in [-0.1, -0.05) is 18.2 Å². The summed E-state index contributed by atoms with van der Waals surface area (Å²) in [4.78, 5) is 37.8. The van der Waals surface area contributed by atoms with Crippen molar-refractivity contribution in [2.45, 2.75) is 39.7 Å². The van der Waals surface area contributed by atoms with Gasteiger partial charge < -0.3 is 10.6 Å². The minimum atomic E-state index is -0.0437. The Hall–Kier alpha value is -2.84. The molecule has 1 aliphatic rings. The van der Waals surface area contributed by atoms with Gasteiger partial charge in [-0.3, -0.25) is 14.5 Å². The van der Waals surface area contributed by atoms with E-state index in [1.165, 1.54) is 11.3 Å². The Labute approximate surface area is 185 Å². The van der Waals surface area contributed by atoms with Gasteiger partial charge in [-0.15, -0.1) is 11.3 Å². The number of aromatic nitrogens is 2. The molecule has 2 amide bonds. The van der Waals surface area contributed by atoms with E-state index in [2.05, 4.69) is 25.5 Å². The molecule has 3 heterocycles. The maximum absolute atomic E-state index is 12.9. The Morgan fingerprint density at radius 3 is 2.52 bits per heavy atom. The van der Waals surface area contributed by atoms with Crippen LogP contribution in [0.25, 0.3) is 10.2 Å². The molecule has 2 aromatic heterocycles. The van der Waals surface area contributed by atoms with Crippen LogP contribution in [0.2, 0.25) is 0 Å². The van der Waals surface area contributed by atoms with Crippen molar-refractivity contribution < 1.29 is 9.59 Å². The molecule has 0 saturated carbocycles. The van der Waals surface area contributed by atoms with Crippen LogP contribution < -0.4 is 10.6 Å². The summed E-state index contributed by atoms with van der Waals surface area (Å²) >= 11 is 1.43. The van der Waals surface area contributed by atoms with E-state index in [1.807, 2.05) is 51.1 Å². The number of carbonyl (C=O) groups is 2. The van der Waals surface area contributed by atoms with Gasteiger partial charge in [-0.25, -0.2) is 9.97 Å². The summed E-state index contributed by atoms with van der Waals surface area (Å²) in [5, 5.41) is 7.09. The molecule has 0 unspecified atom stereocenters. The van der Waals surface area contributed by atoms with Crippen LogP contribution in [-0.2, 0) is 4.79 Å². The van der Waals surface area contributed by atoms with Crippen LogP contribution in [0.3, 0.4) is 0 Å². The molecule has 4 rings (SSSR count). The quantitative estimate of drug-likeness (QED) is 0.638. The van der Waals surface area contributed by atoms with Crippen molar-refractivity contribution in [2.75, 3.05) is 25.0 Å². The van der Waals surface area contributed by atoms with Crippen LogP contribution in [0.4, 0.5) is 5.69 Å². The van der Waals surface area contributed by atoms with Crippen molar-refractivity contribution in [3.8, 4) is 0 Å². The molecule has 7 nitrogen and oxygen atoms in total. The van der Waals surface area contributed by atoms with Crippen molar-refractivity contribution >= 4 is 39.1 Å². The summed E-state index contributed by atoms with van der Waals surface area (Å²) in [6.45, 7) is 7.72. The maximum atomic E-state index is 12.9. The molecule has 0 aliphatic carbocycles. The smallest absolute Gasteiger partial charge is 0.261 e. The van der Waals surface area contributed by atoms with E-state index in [-0.39, 0.29) is 17.9 Å². The average molecular weight is 438 g/mol. The number of piperidine rings is 1. The van der Waals surface area contributed by atoms with Gasteiger partial charge >= 0.3 is 0 Å². The fourth-order valence-electron chi connectivity index (χ4n) is 4.10. The van der Waals surface area contributed by atoms with Crippen LogP contribution in [0.15, 0.2) is 30.3 Å². The Kier molecular flexibility index (Phi) is 6.29. The van der Waals surface area contributed by atoms with Crippen molar-refractivity contribution in [3.63, 3.8) is 0 Å². The van der Waals surface area contributed by atoms with E-state index in [0.29, 0.717) is 11.4 Å². The van der Waals surface area contributed by atoms with Crippen LogP contribution in [-0.4, -0.2) is 52.4 Å². The lowest BCUT2D eigenvalue weighted by molar-refractivity contribution is -0.117. The number of carbonyl (C=O) groups excluding carboxylic acids is 2. The van der Waals surface area contributed by atoms with Crippen molar-refractivity contribution in [3.05, 3.63) is 52.3 Å². The first-order valence-electron chi connectivity index (χ1n) is 10.5. The summed E-state index contributed by atoms with van der Waals surface area (Å²) in [6, 6.07) is 9.59. The maximum Gasteiger partial charge on any atom is 0.261 e. The lowest BCUT2D eigenvalue weighted by Gasteiger charge is -2.31. The Balaban J connectivity index is 1.31. The van der Waals surface area contributed by atoms with Crippen LogP contribution in [0.5, 0.6) is 0 Å². The van der Waals surface area contributed by atoms with Gasteiger partial charge in [0.15, 0.2) is 0 Å². The molecule has 0 atom stereocenters. The van der Waals surface area contributed by atoms with E-state index >= 15 is 0 Å². The van der Waals surface area contributed by atoms with Gasteiger partial charge in [0.05, 0.1) is 11.4 Å². The van der Waals surface area contributed by atoms with E-state index in [1.54, 1.807) is 0 Å². The molecule has 0 bridgehead atoms. The van der Waals surface area contributed by atoms with Gasteiger partial charge in [0.2, 0.25) is 5.91 Å². The number of thiophene rings is 1. The zero-order valence-electron chi connectivity index (χ0n) is 18.1. The first kappa shape index (κ1) is 21.4. The van der Waals surface area contributed by atoms with E-state index in [4.69, 9.17) is 0 Å². The molecule has 3 aromatic rings. The minimum Gasteiger partial charge on any atom is -0.349 e. The largest absolute Gasteiger partial charge is 0.349 e. The molecule has 1 fully saturated rings. The highest BCUT2D eigenvalue weighted by Crippen LogP contribution is 2.31. The van der Waals surface area contributed by atoms with E-state index in [0.717, 1.165) is 58.9 Å². The molecule has 1 aliphatic heterocycles. The fourth-order valence-corrected chi connectivity index (χ4v) is 5.28. The molecule has 0 spiro atoms. The summed E-state index contributed by atoms with van der Waals surface area (Å²) in [6.07, 6.45) is 1.65. The van der Waals surface area contributed by atoms with Crippen molar-refractivity contribution in [2.24, 2.45) is 0 Å². The normalized spacial score (nSPS) is 15.2. The third-order valence-electron chi connectivity index (χ3n) is 5.64. The number of fused-ring (bicyclic) bond motifs is 1. The summed E-state index contributed by atoms with van der Waals surface area (Å²) in [5.41, 5.74) is 2.67. The number of anilines is 1. The predicted octanol–water partition coefficient (Wildman–Crippen LogP) is 3.45. The van der Waals surface area contributed by atoms with E-state index < -0.39 is 0 Å². The van der Waals surface area contributed by atoms with Crippen LogP contribution in [0, 0.1) is 20.8 Å². The van der Waals surface area contributed by atoms with Gasteiger partial charge in [0.25, 0.3) is 5.91 Å². The Morgan fingerprint density at radius 1 is 1.10 bits per heavy atom. The molecule has 1 saturated heterocycles. The highest BCUT2D eigenvalue weighted by atomic mass is 32.1. The third kappa shape index (κ3) is 4.91. The fraction of sp³-hybridized carbons (Fsp3) is 0.391. The average Bonchev–Trinajstić information content (AvgIpc) is 3.06. The minimum absolute atomic E-state index is 0.0126. The second-order valence-electron chi connectivity index (χ2n) is 8.03. The predicted molar refractivity (Wildman–Crippen MR) is 124 cm³/mol.